The summed E-state index contributed by atoms with van der Waals surface area (Å²) in [6.45, 7) is 6.33. The summed E-state index contributed by atoms with van der Waals surface area (Å²) >= 11 is 4.80. The van der Waals surface area contributed by atoms with Crippen molar-refractivity contribution in [3.8, 4) is 0 Å². The van der Waals surface area contributed by atoms with Crippen LogP contribution in [0.1, 0.15) is 29.1 Å². The van der Waals surface area contributed by atoms with Gasteiger partial charge in [0, 0.05) is 10.2 Å². The van der Waals surface area contributed by atoms with Gasteiger partial charge in [-0.05, 0) is 36.6 Å². The van der Waals surface area contributed by atoms with E-state index in [2.05, 4.69) is 31.2 Å². The van der Waals surface area contributed by atoms with Crippen molar-refractivity contribution in [1.82, 2.24) is 9.97 Å². The highest BCUT2D eigenvalue weighted by Gasteiger charge is 2.20. The van der Waals surface area contributed by atoms with Crippen molar-refractivity contribution in [3.63, 3.8) is 0 Å². The van der Waals surface area contributed by atoms with E-state index in [1.807, 2.05) is 45.0 Å². The zero-order valence-electron chi connectivity index (χ0n) is 14.2. The largest absolute Gasteiger partial charge is 0.461 e. The number of rotatable bonds is 5. The summed E-state index contributed by atoms with van der Waals surface area (Å²) in [5.74, 6) is 0.676. The van der Waals surface area contributed by atoms with Crippen molar-refractivity contribution >= 4 is 55.0 Å². The van der Waals surface area contributed by atoms with Crippen LogP contribution in [-0.2, 0) is 4.74 Å². The van der Waals surface area contributed by atoms with Crippen molar-refractivity contribution in [2.24, 2.45) is 5.92 Å². The van der Waals surface area contributed by atoms with Gasteiger partial charge in [0.25, 0.3) is 0 Å². The van der Waals surface area contributed by atoms with Gasteiger partial charge in [-0.15, -0.1) is 11.3 Å². The summed E-state index contributed by atoms with van der Waals surface area (Å²) in [6.07, 6.45) is 1.50. The number of fused-ring (bicyclic) bond motifs is 1. The van der Waals surface area contributed by atoms with E-state index in [9.17, 15) is 4.79 Å². The first-order chi connectivity index (χ1) is 12.0. The zero-order chi connectivity index (χ0) is 18.0. The molecule has 0 fully saturated rings. The Hall–Kier alpha value is -1.99. The van der Waals surface area contributed by atoms with Gasteiger partial charge >= 0.3 is 5.97 Å². The van der Waals surface area contributed by atoms with Crippen molar-refractivity contribution in [2.45, 2.75) is 20.8 Å². The number of halogens is 1. The molecule has 0 amide bonds. The van der Waals surface area contributed by atoms with E-state index in [0.717, 1.165) is 25.9 Å². The highest BCUT2D eigenvalue weighted by atomic mass is 79.9. The summed E-state index contributed by atoms with van der Waals surface area (Å²) in [6, 6.07) is 7.82. The minimum Gasteiger partial charge on any atom is -0.461 e. The number of nitrogens with zero attached hydrogens (tertiary/aromatic N) is 2. The third kappa shape index (κ3) is 3.99. The number of hydrogen-bond acceptors (Lipinski definition) is 6. The average molecular weight is 420 g/mol. The molecule has 2 heterocycles. The molecule has 1 N–H and O–H groups in total. The van der Waals surface area contributed by atoms with E-state index < -0.39 is 0 Å². The molecule has 0 unspecified atom stereocenters. The van der Waals surface area contributed by atoms with Crippen LogP contribution >= 0.6 is 27.3 Å². The monoisotopic (exact) mass is 419 g/mol. The van der Waals surface area contributed by atoms with Crippen LogP contribution in [-0.4, -0.2) is 22.5 Å². The van der Waals surface area contributed by atoms with E-state index >= 15 is 0 Å². The second-order valence-corrected chi connectivity index (χ2v) is 8.00. The standard InChI is InChI=1S/C18H18BrN3O2S/c1-10(2)8-24-18(23)15-11(3)14-16(20-9-21-17(14)25-15)22-13-6-4-5-12(19)7-13/h4-7,9-10H,8H2,1-3H3,(H,20,21,22). The molecule has 0 bridgehead atoms. The molecule has 0 aliphatic carbocycles. The van der Waals surface area contributed by atoms with Crippen LogP contribution in [0.15, 0.2) is 35.1 Å². The predicted molar refractivity (Wildman–Crippen MR) is 105 cm³/mol. The number of benzene rings is 1. The maximum absolute atomic E-state index is 12.4. The second-order valence-electron chi connectivity index (χ2n) is 6.09. The van der Waals surface area contributed by atoms with Crippen LogP contribution in [0.4, 0.5) is 11.5 Å². The lowest BCUT2D eigenvalue weighted by atomic mass is 10.2. The fraction of sp³-hybridized carbons (Fsp3) is 0.278. The Bertz CT molecular complexity index is 924. The van der Waals surface area contributed by atoms with Gasteiger partial charge < -0.3 is 10.1 Å². The molecule has 0 saturated carbocycles. The Labute approximate surface area is 158 Å². The first-order valence-electron chi connectivity index (χ1n) is 7.89. The van der Waals surface area contributed by atoms with Gasteiger partial charge in [-0.1, -0.05) is 35.8 Å². The SMILES string of the molecule is Cc1c(C(=O)OCC(C)C)sc2ncnc(Nc3cccc(Br)c3)c12. The van der Waals surface area contributed by atoms with Crippen molar-refractivity contribution in [3.05, 3.63) is 45.5 Å². The number of anilines is 2. The lowest BCUT2D eigenvalue weighted by molar-refractivity contribution is 0.0464. The van der Waals surface area contributed by atoms with Crippen molar-refractivity contribution in [1.29, 1.82) is 0 Å². The van der Waals surface area contributed by atoms with E-state index in [4.69, 9.17) is 4.74 Å². The summed E-state index contributed by atoms with van der Waals surface area (Å²) in [5, 5.41) is 4.16. The Kier molecular flexibility index (Phi) is 5.34. The Balaban J connectivity index is 1.97. The molecule has 5 nitrogen and oxygen atoms in total. The normalized spacial score (nSPS) is 11.1. The number of ether oxygens (including phenoxy) is 1. The van der Waals surface area contributed by atoms with Crippen LogP contribution in [0, 0.1) is 12.8 Å². The highest BCUT2D eigenvalue weighted by molar-refractivity contribution is 9.10. The van der Waals surface area contributed by atoms with Crippen LogP contribution < -0.4 is 5.32 Å². The van der Waals surface area contributed by atoms with Crippen molar-refractivity contribution in [2.75, 3.05) is 11.9 Å². The minimum atomic E-state index is -0.303. The van der Waals surface area contributed by atoms with Gasteiger partial charge in [0.05, 0.1) is 12.0 Å². The van der Waals surface area contributed by atoms with Crippen LogP contribution in [0.5, 0.6) is 0 Å². The number of nitrogens with one attached hydrogen (secondary N) is 1. The molecule has 1 aromatic carbocycles. The molecule has 0 atom stereocenters. The summed E-state index contributed by atoms with van der Waals surface area (Å²) in [5.41, 5.74) is 1.75. The third-order valence-corrected chi connectivity index (χ3v) is 5.22. The summed E-state index contributed by atoms with van der Waals surface area (Å²) in [7, 11) is 0. The lowest BCUT2D eigenvalue weighted by Crippen LogP contribution is -2.09. The number of carbonyl (C=O) groups is 1. The van der Waals surface area contributed by atoms with E-state index in [1.165, 1.54) is 17.7 Å². The maximum atomic E-state index is 12.4. The molecular formula is C18H18BrN3O2S. The number of hydrogen-bond donors (Lipinski definition) is 1. The van der Waals surface area contributed by atoms with Crippen LogP contribution in [0.3, 0.4) is 0 Å². The Morgan fingerprint density at radius 1 is 1.36 bits per heavy atom. The molecule has 3 rings (SSSR count). The number of aryl methyl sites for hydroxylation is 1. The summed E-state index contributed by atoms with van der Waals surface area (Å²) < 4.78 is 6.35. The van der Waals surface area contributed by atoms with E-state index in [0.29, 0.717) is 23.2 Å². The average Bonchev–Trinajstić information content (AvgIpc) is 2.91. The third-order valence-electron chi connectivity index (χ3n) is 3.55. The quantitative estimate of drug-likeness (QED) is 0.566. The number of carbonyl (C=O) groups excluding carboxylic acids is 1. The molecule has 0 spiro atoms. The second kappa shape index (κ2) is 7.49. The maximum Gasteiger partial charge on any atom is 0.348 e. The zero-order valence-corrected chi connectivity index (χ0v) is 16.6. The van der Waals surface area contributed by atoms with E-state index in [1.54, 1.807) is 0 Å². The van der Waals surface area contributed by atoms with Gasteiger partial charge in [0.1, 0.15) is 21.9 Å². The van der Waals surface area contributed by atoms with Crippen LogP contribution in [0.2, 0.25) is 0 Å². The van der Waals surface area contributed by atoms with Crippen molar-refractivity contribution < 1.29 is 9.53 Å². The molecule has 2 aromatic heterocycles. The van der Waals surface area contributed by atoms with Crippen LogP contribution in [0.25, 0.3) is 10.2 Å². The van der Waals surface area contributed by atoms with Gasteiger partial charge in [-0.2, -0.15) is 0 Å². The smallest absolute Gasteiger partial charge is 0.348 e. The van der Waals surface area contributed by atoms with Gasteiger partial charge in [0.15, 0.2) is 0 Å². The molecule has 0 aliphatic heterocycles. The number of thiophene rings is 1. The van der Waals surface area contributed by atoms with E-state index in [-0.39, 0.29) is 5.97 Å². The summed E-state index contributed by atoms with van der Waals surface area (Å²) in [4.78, 5) is 22.4. The topological polar surface area (TPSA) is 64.1 Å². The number of aromatic nitrogens is 2. The molecule has 0 aliphatic rings. The number of esters is 1. The molecule has 25 heavy (non-hydrogen) atoms. The molecule has 0 saturated heterocycles. The molecule has 3 aromatic rings. The highest BCUT2D eigenvalue weighted by Crippen LogP contribution is 2.35. The fourth-order valence-corrected chi connectivity index (χ4v) is 3.81. The molecule has 0 radical (unpaired) electrons. The Morgan fingerprint density at radius 2 is 2.16 bits per heavy atom. The fourth-order valence-electron chi connectivity index (χ4n) is 2.37. The van der Waals surface area contributed by atoms with Gasteiger partial charge in [-0.25, -0.2) is 14.8 Å². The first-order valence-corrected chi connectivity index (χ1v) is 9.50. The van der Waals surface area contributed by atoms with Gasteiger partial charge in [0.2, 0.25) is 0 Å². The molecule has 130 valence electrons. The lowest BCUT2D eigenvalue weighted by Gasteiger charge is -2.08. The first kappa shape index (κ1) is 17.8. The molecule has 7 heteroatoms. The molecular weight excluding hydrogens is 402 g/mol. The Morgan fingerprint density at radius 3 is 2.88 bits per heavy atom. The predicted octanol–water partition coefficient (Wildman–Crippen LogP) is 5.32. The van der Waals surface area contributed by atoms with Gasteiger partial charge in [-0.3, -0.25) is 0 Å². The minimum absolute atomic E-state index is 0.298.